The van der Waals surface area contributed by atoms with Crippen LogP contribution in [0.25, 0.3) is 11.2 Å². The van der Waals surface area contributed by atoms with Gasteiger partial charge in [0, 0.05) is 24.0 Å². The van der Waals surface area contributed by atoms with Crippen LogP contribution in [0.2, 0.25) is 14.4 Å². The van der Waals surface area contributed by atoms with E-state index in [1.165, 1.54) is 6.07 Å². The number of H-pyrrole nitrogens is 1. The Bertz CT molecular complexity index is 1740. The largest absolute Gasteiger partial charge is 0.471 e. The van der Waals surface area contributed by atoms with E-state index in [1.54, 1.807) is 24.3 Å². The van der Waals surface area contributed by atoms with Crippen LogP contribution >= 0.6 is 46.1 Å². The highest BCUT2D eigenvalue weighted by Gasteiger charge is 2.41. The maximum absolute atomic E-state index is 13.2. The van der Waals surface area contributed by atoms with Gasteiger partial charge >= 0.3 is 6.18 Å². The second kappa shape index (κ2) is 14.3. The molecular formula is C29H25Cl3F5N5O3S. The molecule has 1 saturated carbocycles. The van der Waals surface area contributed by atoms with E-state index in [1.807, 2.05) is 0 Å². The quantitative estimate of drug-likeness (QED) is 0.144. The number of imidazole rings is 1. The molecular weight excluding hydrogens is 700 g/mol. The summed E-state index contributed by atoms with van der Waals surface area (Å²) in [4.78, 5) is 37.7. The van der Waals surface area contributed by atoms with Crippen molar-refractivity contribution in [2.45, 2.75) is 57.3 Å². The lowest BCUT2D eigenvalue weighted by atomic mass is 9.85. The van der Waals surface area contributed by atoms with Crippen LogP contribution in [0.4, 0.5) is 22.0 Å². The molecule has 5 rings (SSSR count). The molecule has 46 heavy (non-hydrogen) atoms. The van der Waals surface area contributed by atoms with Gasteiger partial charge in [0.15, 0.2) is 12.3 Å². The van der Waals surface area contributed by atoms with Gasteiger partial charge < -0.3 is 20.4 Å². The average molecular weight is 725 g/mol. The molecule has 17 heteroatoms. The van der Waals surface area contributed by atoms with Crippen molar-refractivity contribution < 1.29 is 36.3 Å². The van der Waals surface area contributed by atoms with E-state index < -0.39 is 43.0 Å². The van der Waals surface area contributed by atoms with Crippen molar-refractivity contribution in [3.05, 3.63) is 72.1 Å². The lowest BCUT2D eigenvalue weighted by Gasteiger charge is -2.30. The van der Waals surface area contributed by atoms with Crippen molar-refractivity contribution in [1.82, 2.24) is 25.6 Å². The number of aromatic nitrogens is 3. The van der Waals surface area contributed by atoms with Crippen molar-refractivity contribution >= 4 is 69.1 Å². The number of benzene rings is 1. The molecule has 3 N–H and O–H groups in total. The van der Waals surface area contributed by atoms with Gasteiger partial charge in [0.05, 0.1) is 25.7 Å². The van der Waals surface area contributed by atoms with Gasteiger partial charge in [-0.2, -0.15) is 18.2 Å². The monoisotopic (exact) mass is 723 g/mol. The maximum atomic E-state index is 13.2. The first-order chi connectivity index (χ1) is 21.8. The van der Waals surface area contributed by atoms with E-state index in [2.05, 4.69) is 25.6 Å². The number of pyridine rings is 1. The molecule has 0 unspecified atom stereocenters. The molecule has 4 aromatic rings. The Hall–Kier alpha value is -3.20. The molecule has 3 aromatic heterocycles. The number of hydrogen-bond donors (Lipinski definition) is 3. The molecule has 0 atom stereocenters. The van der Waals surface area contributed by atoms with Crippen LogP contribution < -0.4 is 15.4 Å². The van der Waals surface area contributed by atoms with Gasteiger partial charge in [0.25, 0.3) is 18.2 Å². The summed E-state index contributed by atoms with van der Waals surface area (Å²) in [5, 5.41) is 6.06. The lowest BCUT2D eigenvalue weighted by Crippen LogP contribution is -2.40. The van der Waals surface area contributed by atoms with Crippen molar-refractivity contribution in [1.29, 1.82) is 0 Å². The number of hydrogen-bond acceptors (Lipinski definition) is 6. The molecule has 1 fully saturated rings. The zero-order chi connectivity index (χ0) is 33.2. The third-order valence-corrected chi connectivity index (χ3v) is 9.50. The third kappa shape index (κ3) is 8.20. The molecule has 0 radical (unpaired) electrons. The Kier molecular flexibility index (Phi) is 10.6. The minimum absolute atomic E-state index is 0.0618. The molecule has 0 bridgehead atoms. The topological polar surface area (TPSA) is 109 Å². The fourth-order valence-electron chi connectivity index (χ4n) is 5.11. The Labute approximate surface area is 278 Å². The minimum atomic E-state index is -4.30. The van der Waals surface area contributed by atoms with Gasteiger partial charge in [-0.05, 0) is 61.1 Å². The smallest absolute Gasteiger partial charge is 0.391 e. The summed E-state index contributed by atoms with van der Waals surface area (Å²) in [6, 6.07) is 7.31. The number of thiophene rings is 1. The first-order valence-corrected chi connectivity index (χ1v) is 15.9. The molecule has 246 valence electrons. The van der Waals surface area contributed by atoms with Gasteiger partial charge in [-0.3, -0.25) is 9.59 Å². The first-order valence-electron chi connectivity index (χ1n) is 14.0. The molecule has 1 aliphatic rings. The standard InChI is InChI=1S/C29H25Cl3F5N5O3S/c30-18-6-1-13(11-38-27(44)20-7-8-21(31)46-20)24(32)16(18)10-23-40-19-9-17(28(42-25(19)41-23)45-12-22(33)34)26(43)39-15-4-2-14(3-5-15)29(35,36)37/h1,6-9,14-15,22H,2-5,10-12H2,(H,38,44)(H,39,43)(H,40,41,42). The molecule has 0 saturated heterocycles. The van der Waals surface area contributed by atoms with Crippen LogP contribution in [0, 0.1) is 5.92 Å². The van der Waals surface area contributed by atoms with Gasteiger partial charge in [0.2, 0.25) is 5.88 Å². The number of nitrogens with zero attached hydrogens (tertiary/aromatic N) is 2. The van der Waals surface area contributed by atoms with Crippen molar-refractivity contribution in [2.24, 2.45) is 5.92 Å². The van der Waals surface area contributed by atoms with Gasteiger partial charge in [-0.1, -0.05) is 40.9 Å². The second-order valence-electron chi connectivity index (χ2n) is 10.6. The predicted octanol–water partition coefficient (Wildman–Crippen LogP) is 8.00. The fourth-order valence-corrected chi connectivity index (χ4v) is 6.64. The number of carbonyl (C=O) groups excluding carboxylic acids is 2. The Morgan fingerprint density at radius 1 is 1.04 bits per heavy atom. The van der Waals surface area contributed by atoms with Crippen molar-refractivity contribution in [3.8, 4) is 5.88 Å². The number of carbonyl (C=O) groups is 2. The lowest BCUT2D eigenvalue weighted by molar-refractivity contribution is -0.182. The predicted molar refractivity (Wildman–Crippen MR) is 164 cm³/mol. The number of ether oxygens (including phenoxy) is 1. The van der Waals surface area contributed by atoms with E-state index in [0.29, 0.717) is 31.2 Å². The average Bonchev–Trinajstić information content (AvgIpc) is 3.62. The minimum Gasteiger partial charge on any atom is -0.471 e. The Balaban J connectivity index is 1.34. The van der Waals surface area contributed by atoms with Crippen LogP contribution in [-0.4, -0.2) is 52.0 Å². The molecule has 2 amide bonds. The second-order valence-corrected chi connectivity index (χ2v) is 13.1. The molecule has 8 nitrogen and oxygen atoms in total. The highest BCUT2D eigenvalue weighted by atomic mass is 35.5. The summed E-state index contributed by atoms with van der Waals surface area (Å²) in [7, 11) is 0. The third-order valence-electron chi connectivity index (χ3n) is 7.45. The zero-order valence-corrected chi connectivity index (χ0v) is 26.7. The Morgan fingerprint density at radius 2 is 1.78 bits per heavy atom. The zero-order valence-electron chi connectivity index (χ0n) is 23.6. The van der Waals surface area contributed by atoms with Gasteiger partial charge in [-0.15, -0.1) is 11.3 Å². The van der Waals surface area contributed by atoms with Crippen LogP contribution in [0.15, 0.2) is 30.3 Å². The molecule has 1 aromatic carbocycles. The van der Waals surface area contributed by atoms with E-state index in [4.69, 9.17) is 39.5 Å². The Morgan fingerprint density at radius 3 is 2.43 bits per heavy atom. The summed E-state index contributed by atoms with van der Waals surface area (Å²) in [5.74, 6) is -2.56. The summed E-state index contributed by atoms with van der Waals surface area (Å²) in [6.45, 7) is -0.943. The van der Waals surface area contributed by atoms with E-state index in [0.717, 1.165) is 11.3 Å². The highest BCUT2D eigenvalue weighted by Crippen LogP contribution is 2.38. The first kappa shape index (κ1) is 34.1. The van der Waals surface area contributed by atoms with E-state index in [9.17, 15) is 31.5 Å². The summed E-state index contributed by atoms with van der Waals surface area (Å²) < 4.78 is 70.8. The number of alkyl halides is 5. The molecule has 0 aliphatic heterocycles. The van der Waals surface area contributed by atoms with E-state index in [-0.39, 0.29) is 66.3 Å². The summed E-state index contributed by atoms with van der Waals surface area (Å²) >= 11 is 20.2. The molecule has 0 spiro atoms. The fraction of sp³-hybridized carbons (Fsp3) is 0.379. The van der Waals surface area contributed by atoms with Crippen molar-refractivity contribution in [2.75, 3.05) is 6.61 Å². The number of fused-ring (bicyclic) bond motifs is 1. The SMILES string of the molecule is O=C(NCc1ccc(Cl)c(Cc2nc3nc(OCC(F)F)c(C(=O)NC4CCC(C(F)(F)F)CC4)cc3[nH]2)c1Cl)c1ccc(Cl)s1. The number of halogens is 8. The maximum Gasteiger partial charge on any atom is 0.391 e. The summed E-state index contributed by atoms with van der Waals surface area (Å²) in [5.41, 5.74) is 1.22. The van der Waals surface area contributed by atoms with Crippen LogP contribution in [-0.2, 0) is 13.0 Å². The number of rotatable bonds is 10. The highest BCUT2D eigenvalue weighted by molar-refractivity contribution is 7.18. The number of nitrogens with one attached hydrogen (secondary N) is 3. The van der Waals surface area contributed by atoms with E-state index >= 15 is 0 Å². The van der Waals surface area contributed by atoms with Crippen molar-refractivity contribution in [3.63, 3.8) is 0 Å². The molecule has 3 heterocycles. The normalized spacial score (nSPS) is 17.0. The van der Waals surface area contributed by atoms with Crippen LogP contribution in [0.5, 0.6) is 5.88 Å². The number of aromatic amines is 1. The van der Waals surface area contributed by atoms with Gasteiger partial charge in [-0.25, -0.2) is 13.8 Å². The molecule has 1 aliphatic carbocycles. The van der Waals surface area contributed by atoms with Gasteiger partial charge in [0.1, 0.15) is 11.4 Å². The van der Waals surface area contributed by atoms with Crippen LogP contribution in [0.3, 0.4) is 0 Å². The summed E-state index contributed by atoms with van der Waals surface area (Å²) in [6.07, 6.45) is -7.12. The van der Waals surface area contributed by atoms with Crippen LogP contribution in [0.1, 0.15) is 62.7 Å². The number of amides is 2.